The van der Waals surface area contributed by atoms with Gasteiger partial charge in [0.25, 0.3) is 0 Å². The number of aromatic nitrogens is 3. The van der Waals surface area contributed by atoms with Gasteiger partial charge in [0, 0.05) is 21.0 Å². The lowest BCUT2D eigenvalue weighted by atomic mass is 10.0. The second-order valence-corrected chi connectivity index (χ2v) is 10.6. The third-order valence-electron chi connectivity index (χ3n) is 4.67. The molecule has 7 nitrogen and oxygen atoms in total. The number of nitrogens with zero attached hydrogens (tertiary/aromatic N) is 3. The molecule has 1 aromatic carbocycles. The number of benzene rings is 1. The summed E-state index contributed by atoms with van der Waals surface area (Å²) in [5, 5.41) is 3.58. The normalized spacial score (nSPS) is 13.6. The summed E-state index contributed by atoms with van der Waals surface area (Å²) in [5.74, 6) is -2.07. The molecule has 2 aromatic heterocycles. The van der Waals surface area contributed by atoms with Gasteiger partial charge in [0.2, 0.25) is 6.17 Å². The predicted octanol–water partition coefficient (Wildman–Crippen LogP) is 4.33. The maximum absolute atomic E-state index is 14.9. The average molecular weight is 452 g/mol. The average Bonchev–Trinajstić information content (AvgIpc) is 2.71. The Hall–Kier alpha value is -3.00. The first-order valence-corrected chi connectivity index (χ1v) is 11.8. The van der Waals surface area contributed by atoms with Crippen LogP contribution in [0.1, 0.15) is 36.1 Å². The van der Waals surface area contributed by atoms with Crippen LogP contribution < -0.4 is 10.8 Å². The van der Waals surface area contributed by atoms with Crippen LogP contribution in [0.15, 0.2) is 30.5 Å². The monoisotopic (exact) mass is 452 g/mol. The molecule has 164 valence electrons. The number of rotatable bonds is 6. The second kappa shape index (κ2) is 8.63. The molecule has 0 fully saturated rings. The molecular formula is C20H20F3N4O3P. The van der Waals surface area contributed by atoms with E-state index in [-0.39, 0.29) is 5.56 Å². The highest BCUT2D eigenvalue weighted by Gasteiger charge is 2.28. The predicted molar refractivity (Wildman–Crippen MR) is 111 cm³/mol. The number of hydrogen-bond acceptors (Lipinski definition) is 7. The van der Waals surface area contributed by atoms with Crippen LogP contribution in [0, 0.1) is 12.7 Å². The highest BCUT2D eigenvalue weighted by Crippen LogP contribution is 2.35. The lowest BCUT2D eigenvalue weighted by Gasteiger charge is -2.19. The molecule has 0 saturated heterocycles. The smallest absolute Gasteiger partial charge is 0.363 e. The third kappa shape index (κ3) is 4.69. The molecule has 0 aliphatic heterocycles. The summed E-state index contributed by atoms with van der Waals surface area (Å²) in [7, 11) is -2.65. The molecule has 11 heteroatoms. The minimum absolute atomic E-state index is 0.0298. The summed E-state index contributed by atoms with van der Waals surface area (Å²) in [6, 6.07) is 4.68. The number of nitrogens with one attached hydrogen (secondary N) is 1. The first-order valence-electron chi connectivity index (χ1n) is 9.24. The zero-order valence-electron chi connectivity index (χ0n) is 17.2. The van der Waals surface area contributed by atoms with Crippen molar-refractivity contribution in [1.82, 2.24) is 15.0 Å². The molecule has 0 spiro atoms. The van der Waals surface area contributed by atoms with Crippen molar-refractivity contribution in [3.63, 3.8) is 0 Å². The van der Waals surface area contributed by atoms with Crippen molar-refractivity contribution in [2.75, 3.05) is 18.6 Å². The fraction of sp³-hybridized carbons (Fsp3) is 0.300. The molecule has 3 rings (SSSR count). The van der Waals surface area contributed by atoms with Gasteiger partial charge in [-0.2, -0.15) is 0 Å². The van der Waals surface area contributed by atoms with Gasteiger partial charge in [0.15, 0.2) is 0 Å². The van der Waals surface area contributed by atoms with E-state index < -0.39 is 36.7 Å². The van der Waals surface area contributed by atoms with Crippen molar-refractivity contribution in [3.05, 3.63) is 53.2 Å². The van der Waals surface area contributed by atoms with Crippen LogP contribution in [0.5, 0.6) is 0 Å². The lowest BCUT2D eigenvalue weighted by Crippen LogP contribution is -2.15. The first-order chi connectivity index (χ1) is 14.5. The molecule has 31 heavy (non-hydrogen) atoms. The van der Waals surface area contributed by atoms with Gasteiger partial charge in [-0.3, -0.25) is 9.93 Å². The molecule has 1 N–H and O–H groups in total. The largest absolute Gasteiger partial charge is 0.387 e. The topological polar surface area (TPSA) is 94.1 Å². The molecular weight excluding hydrogens is 432 g/mol. The number of anilines is 1. The Morgan fingerprint density at radius 3 is 2.55 bits per heavy atom. The van der Waals surface area contributed by atoms with Crippen LogP contribution in [0.2, 0.25) is 0 Å². The van der Waals surface area contributed by atoms with Crippen LogP contribution in [-0.2, 0) is 14.3 Å². The van der Waals surface area contributed by atoms with E-state index in [9.17, 15) is 22.7 Å². The van der Waals surface area contributed by atoms with Gasteiger partial charge in [-0.1, -0.05) is 18.2 Å². The zero-order chi connectivity index (χ0) is 22.9. The zero-order valence-corrected chi connectivity index (χ0v) is 18.1. The Balaban J connectivity index is 2.03. The number of carbonyl (C=O) groups is 1. The Bertz CT molecular complexity index is 1200. The Labute approximate surface area is 176 Å². The number of halogens is 3. The number of hydrogen-bond donors (Lipinski definition) is 1. The number of alkyl halides is 1. The molecule has 1 unspecified atom stereocenters. The van der Waals surface area contributed by atoms with Gasteiger partial charge in [-0.25, -0.2) is 23.5 Å². The molecule has 0 amide bonds. The summed E-state index contributed by atoms with van der Waals surface area (Å²) in [6.07, 6.45) is -1.11. The van der Waals surface area contributed by atoms with E-state index in [4.69, 9.17) is 0 Å². The van der Waals surface area contributed by atoms with Crippen LogP contribution in [0.25, 0.3) is 10.9 Å². The summed E-state index contributed by atoms with van der Waals surface area (Å²) in [5.41, 5.74) is 0.286. The summed E-state index contributed by atoms with van der Waals surface area (Å²) in [6.45, 7) is 6.45. The molecule has 0 saturated carbocycles. The highest BCUT2D eigenvalue weighted by atomic mass is 31.2. The standard InChI is InChI=1S/C20H20F3N4O3P/c1-10(12-6-5-7-13(17(12)21)18(22)20(28)30-23)25-19-14-8-16(31(3,4)29)24-9-15(14)26-11(2)27-19/h5-10,18H,1-4H3,(H,25,26,27)/t10-,18?/m1/s1. The van der Waals surface area contributed by atoms with E-state index in [0.717, 1.165) is 6.07 Å². The molecule has 0 radical (unpaired) electrons. The fourth-order valence-corrected chi connectivity index (χ4v) is 3.87. The number of fused-ring (bicyclic) bond motifs is 1. The van der Waals surface area contributed by atoms with Gasteiger partial charge < -0.3 is 9.88 Å². The third-order valence-corrected chi connectivity index (χ3v) is 6.01. The van der Waals surface area contributed by atoms with E-state index in [0.29, 0.717) is 28.0 Å². The quantitative estimate of drug-likeness (QED) is 0.557. The molecule has 0 bridgehead atoms. The van der Waals surface area contributed by atoms with Gasteiger partial charge in [0.1, 0.15) is 30.0 Å². The number of aryl methyl sites for hydroxylation is 1. The highest BCUT2D eigenvalue weighted by molar-refractivity contribution is 7.69. The van der Waals surface area contributed by atoms with E-state index in [1.807, 2.05) is 0 Å². The Morgan fingerprint density at radius 2 is 1.90 bits per heavy atom. The van der Waals surface area contributed by atoms with Crippen LogP contribution in [-0.4, -0.2) is 34.3 Å². The maximum atomic E-state index is 14.9. The Kier molecular flexibility index (Phi) is 6.31. The van der Waals surface area contributed by atoms with Crippen LogP contribution in [0.4, 0.5) is 19.1 Å². The van der Waals surface area contributed by atoms with Crippen molar-refractivity contribution in [1.29, 1.82) is 0 Å². The van der Waals surface area contributed by atoms with Crippen molar-refractivity contribution < 1.29 is 27.6 Å². The summed E-state index contributed by atoms with van der Waals surface area (Å²) in [4.78, 5) is 26.9. The minimum atomic E-state index is -2.65. The van der Waals surface area contributed by atoms with E-state index in [1.165, 1.54) is 18.3 Å². The molecule has 2 heterocycles. The fourth-order valence-electron chi connectivity index (χ4n) is 3.09. The van der Waals surface area contributed by atoms with Gasteiger partial charge in [0.05, 0.1) is 17.8 Å². The minimum Gasteiger partial charge on any atom is -0.363 e. The van der Waals surface area contributed by atoms with E-state index in [2.05, 4.69) is 25.2 Å². The van der Waals surface area contributed by atoms with Crippen molar-refractivity contribution in [3.8, 4) is 0 Å². The van der Waals surface area contributed by atoms with Gasteiger partial charge in [-0.05, 0) is 33.2 Å². The Morgan fingerprint density at radius 1 is 1.23 bits per heavy atom. The SMILES string of the molecule is Cc1nc(N[C@H](C)c2cccc(C(F)C(=O)OF)c2F)c2cc(P(C)(C)=O)ncc2n1. The van der Waals surface area contributed by atoms with Crippen LogP contribution >= 0.6 is 7.14 Å². The first kappa shape index (κ1) is 22.7. The molecule has 0 aliphatic carbocycles. The van der Waals surface area contributed by atoms with Crippen molar-refractivity contribution in [2.45, 2.75) is 26.1 Å². The number of carbonyl (C=O) groups excluding carboxylic acids is 1. The summed E-state index contributed by atoms with van der Waals surface area (Å²) >= 11 is 0. The second-order valence-electron chi connectivity index (χ2n) is 7.41. The van der Waals surface area contributed by atoms with Gasteiger partial charge >= 0.3 is 5.97 Å². The van der Waals surface area contributed by atoms with E-state index in [1.54, 1.807) is 33.2 Å². The number of pyridine rings is 1. The van der Waals surface area contributed by atoms with Crippen molar-refractivity contribution >= 4 is 35.3 Å². The van der Waals surface area contributed by atoms with Crippen LogP contribution in [0.3, 0.4) is 0 Å². The van der Waals surface area contributed by atoms with E-state index >= 15 is 0 Å². The van der Waals surface area contributed by atoms with Crippen molar-refractivity contribution in [2.24, 2.45) is 0 Å². The lowest BCUT2D eigenvalue weighted by molar-refractivity contribution is -0.190. The van der Waals surface area contributed by atoms with Gasteiger partial charge in [-0.15, -0.1) is 0 Å². The molecule has 2 atom stereocenters. The maximum Gasteiger partial charge on any atom is 0.387 e. The summed E-state index contributed by atoms with van der Waals surface area (Å²) < 4.78 is 53.4. The molecule has 0 aliphatic rings. The molecule has 3 aromatic rings.